The van der Waals surface area contributed by atoms with Gasteiger partial charge in [-0.25, -0.2) is 4.98 Å². The van der Waals surface area contributed by atoms with Gasteiger partial charge in [-0.2, -0.15) is 0 Å². The van der Waals surface area contributed by atoms with E-state index in [0.29, 0.717) is 18.3 Å². The summed E-state index contributed by atoms with van der Waals surface area (Å²) in [6, 6.07) is 12.0. The van der Waals surface area contributed by atoms with Crippen molar-refractivity contribution in [3.8, 4) is 5.75 Å². The van der Waals surface area contributed by atoms with Gasteiger partial charge in [0.2, 0.25) is 0 Å². The average Bonchev–Trinajstić information content (AvgIpc) is 3.15. The fraction of sp³-hybridized carbons (Fsp3) is 0.429. The van der Waals surface area contributed by atoms with E-state index in [0.717, 1.165) is 28.3 Å². The molecule has 1 aromatic heterocycles. The Hall–Kier alpha value is -2.01. The number of hydrogen-bond acceptors (Lipinski definition) is 4. The van der Waals surface area contributed by atoms with Gasteiger partial charge in [-0.15, -0.1) is 11.8 Å². The van der Waals surface area contributed by atoms with Gasteiger partial charge in [0, 0.05) is 23.4 Å². The number of aromatic nitrogens is 1. The third-order valence-electron chi connectivity index (χ3n) is 4.60. The Labute approximate surface area is 159 Å². The lowest BCUT2D eigenvalue weighted by atomic mass is 10.1. The maximum absolute atomic E-state index is 10.6. The first-order chi connectivity index (χ1) is 12.7. The molecule has 5 heteroatoms. The zero-order valence-corrected chi connectivity index (χ0v) is 15.7. The van der Waals surface area contributed by atoms with Gasteiger partial charge in [0.1, 0.15) is 17.4 Å². The van der Waals surface area contributed by atoms with Crippen molar-refractivity contribution in [3.05, 3.63) is 53.7 Å². The van der Waals surface area contributed by atoms with Crippen LogP contribution in [0, 0.1) is 0 Å². The molecule has 1 fully saturated rings. The predicted molar refractivity (Wildman–Crippen MR) is 104 cm³/mol. The van der Waals surface area contributed by atoms with Gasteiger partial charge in [0.15, 0.2) is 0 Å². The number of aliphatic carboxylic acids is 1. The highest BCUT2D eigenvalue weighted by Crippen LogP contribution is 2.35. The highest BCUT2D eigenvalue weighted by Gasteiger charge is 2.18. The lowest BCUT2D eigenvalue weighted by Crippen LogP contribution is -2.02. The van der Waals surface area contributed by atoms with Crippen molar-refractivity contribution in [2.24, 2.45) is 0 Å². The Bertz CT molecular complexity index is 711. The van der Waals surface area contributed by atoms with Crippen LogP contribution < -0.4 is 4.74 Å². The lowest BCUT2D eigenvalue weighted by Gasteiger charge is -2.13. The van der Waals surface area contributed by atoms with Crippen LogP contribution in [0.15, 0.2) is 47.6 Å². The summed E-state index contributed by atoms with van der Waals surface area (Å²) in [5, 5.41) is 10.5. The summed E-state index contributed by atoms with van der Waals surface area (Å²) in [5.41, 5.74) is 2.27. The predicted octanol–water partition coefficient (Wildman–Crippen LogP) is 5.10. The molecule has 1 saturated carbocycles. The number of carboxylic acids is 1. The van der Waals surface area contributed by atoms with Crippen LogP contribution in [0.5, 0.6) is 5.75 Å². The quantitative estimate of drug-likeness (QED) is 0.664. The van der Waals surface area contributed by atoms with E-state index in [9.17, 15) is 4.79 Å². The summed E-state index contributed by atoms with van der Waals surface area (Å²) in [5.74, 6) is 0.0837. The van der Waals surface area contributed by atoms with Crippen molar-refractivity contribution in [2.45, 2.75) is 61.8 Å². The normalized spacial score (nSPS) is 14.5. The number of hydrogen-bond donors (Lipinski definition) is 1. The van der Waals surface area contributed by atoms with Gasteiger partial charge in [-0.05, 0) is 49.4 Å². The number of thioether (sulfide) groups is 1. The Morgan fingerprint density at radius 2 is 1.96 bits per heavy atom. The monoisotopic (exact) mass is 371 g/mol. The number of aryl methyl sites for hydroxylation is 1. The number of carbonyl (C=O) groups is 1. The largest absolute Gasteiger partial charge is 0.489 e. The number of carboxylic acid groups (broad SMARTS) is 1. The van der Waals surface area contributed by atoms with Gasteiger partial charge in [0.05, 0.1) is 0 Å². The van der Waals surface area contributed by atoms with Crippen LogP contribution in [0.1, 0.15) is 49.7 Å². The van der Waals surface area contributed by atoms with Crippen molar-refractivity contribution in [1.82, 2.24) is 4.98 Å². The molecule has 3 rings (SSSR count). The third-order valence-corrected chi connectivity index (χ3v) is 6.00. The van der Waals surface area contributed by atoms with E-state index in [-0.39, 0.29) is 6.42 Å². The van der Waals surface area contributed by atoms with Crippen molar-refractivity contribution in [2.75, 3.05) is 0 Å². The average molecular weight is 372 g/mol. The molecule has 4 nitrogen and oxygen atoms in total. The summed E-state index contributed by atoms with van der Waals surface area (Å²) in [7, 11) is 0. The Balaban J connectivity index is 1.53. The fourth-order valence-electron chi connectivity index (χ4n) is 3.16. The Morgan fingerprint density at radius 1 is 1.19 bits per heavy atom. The molecule has 1 aromatic carbocycles. The molecule has 1 aliphatic carbocycles. The second kappa shape index (κ2) is 9.62. The molecular weight excluding hydrogens is 346 g/mol. The van der Waals surface area contributed by atoms with Crippen LogP contribution in [0.25, 0.3) is 0 Å². The zero-order valence-electron chi connectivity index (χ0n) is 14.9. The van der Waals surface area contributed by atoms with E-state index in [1.807, 2.05) is 48.3 Å². The first kappa shape index (κ1) is 18.8. The lowest BCUT2D eigenvalue weighted by molar-refractivity contribution is -0.137. The Morgan fingerprint density at radius 3 is 2.69 bits per heavy atom. The minimum atomic E-state index is -0.743. The van der Waals surface area contributed by atoms with Crippen LogP contribution >= 0.6 is 11.8 Å². The summed E-state index contributed by atoms with van der Waals surface area (Å²) in [6.07, 6.45) is 8.72. The van der Waals surface area contributed by atoms with Gasteiger partial charge in [0.25, 0.3) is 0 Å². The van der Waals surface area contributed by atoms with E-state index < -0.39 is 5.97 Å². The molecule has 1 N–H and O–H groups in total. The van der Waals surface area contributed by atoms with E-state index in [1.54, 1.807) is 0 Å². The molecule has 138 valence electrons. The number of rotatable bonds is 9. The van der Waals surface area contributed by atoms with Crippen molar-refractivity contribution in [1.29, 1.82) is 0 Å². The molecule has 0 amide bonds. The van der Waals surface area contributed by atoms with E-state index in [4.69, 9.17) is 9.84 Å². The van der Waals surface area contributed by atoms with Crippen LogP contribution in [0.3, 0.4) is 0 Å². The van der Waals surface area contributed by atoms with Crippen molar-refractivity contribution >= 4 is 17.7 Å². The molecule has 0 saturated heterocycles. The first-order valence-electron chi connectivity index (χ1n) is 9.25. The van der Waals surface area contributed by atoms with Crippen LogP contribution in [0.4, 0.5) is 0 Å². The van der Waals surface area contributed by atoms with Gasteiger partial charge in [-0.1, -0.05) is 31.0 Å². The van der Waals surface area contributed by atoms with Crippen molar-refractivity contribution in [3.63, 3.8) is 0 Å². The zero-order chi connectivity index (χ0) is 18.2. The highest BCUT2D eigenvalue weighted by atomic mass is 32.2. The number of nitrogens with zero attached hydrogens (tertiary/aromatic N) is 1. The summed E-state index contributed by atoms with van der Waals surface area (Å²) >= 11 is 1.89. The molecule has 0 atom stereocenters. The molecule has 0 radical (unpaired) electrons. The Kier molecular flexibility index (Phi) is 6.95. The van der Waals surface area contributed by atoms with Crippen LogP contribution in [-0.4, -0.2) is 21.3 Å². The smallest absolute Gasteiger partial charge is 0.303 e. The number of pyridine rings is 1. The van der Waals surface area contributed by atoms with E-state index in [2.05, 4.69) is 11.1 Å². The van der Waals surface area contributed by atoms with Crippen molar-refractivity contribution < 1.29 is 14.6 Å². The van der Waals surface area contributed by atoms with E-state index >= 15 is 0 Å². The maximum Gasteiger partial charge on any atom is 0.303 e. The molecule has 26 heavy (non-hydrogen) atoms. The molecule has 1 aliphatic rings. The number of ether oxygens (including phenoxy) is 1. The number of benzene rings is 1. The molecule has 0 unspecified atom stereocenters. The molecular formula is C21H25NO3S. The molecule has 0 bridgehead atoms. The van der Waals surface area contributed by atoms with E-state index in [1.165, 1.54) is 25.7 Å². The second-order valence-electron chi connectivity index (χ2n) is 6.67. The highest BCUT2D eigenvalue weighted by molar-refractivity contribution is 7.99. The SMILES string of the molecule is O=C(O)CCCc1ccc(OCc2cccnc2SC2CCCC2)cc1. The second-order valence-corrected chi connectivity index (χ2v) is 7.96. The maximum atomic E-state index is 10.6. The fourth-order valence-corrected chi connectivity index (χ4v) is 4.45. The minimum absolute atomic E-state index is 0.209. The first-order valence-corrected chi connectivity index (χ1v) is 10.1. The van der Waals surface area contributed by atoms with Crippen LogP contribution in [-0.2, 0) is 17.8 Å². The van der Waals surface area contributed by atoms with Crippen LogP contribution in [0.2, 0.25) is 0 Å². The molecule has 1 heterocycles. The topological polar surface area (TPSA) is 59.4 Å². The third kappa shape index (κ3) is 5.77. The summed E-state index contributed by atoms with van der Waals surface area (Å²) in [4.78, 5) is 15.1. The minimum Gasteiger partial charge on any atom is -0.489 e. The van der Waals surface area contributed by atoms with Gasteiger partial charge >= 0.3 is 5.97 Å². The molecule has 0 aliphatic heterocycles. The molecule has 0 spiro atoms. The summed E-state index contributed by atoms with van der Waals surface area (Å²) in [6.45, 7) is 0.515. The van der Waals surface area contributed by atoms with Gasteiger partial charge < -0.3 is 9.84 Å². The molecule has 2 aromatic rings. The van der Waals surface area contributed by atoms with Gasteiger partial charge in [-0.3, -0.25) is 4.79 Å². The standard InChI is InChI=1S/C21H25NO3S/c23-20(24)9-3-5-16-10-12-18(13-11-16)25-15-17-6-4-14-22-21(17)26-19-7-1-2-8-19/h4,6,10-14,19H,1-3,5,7-9,15H2,(H,23,24). The summed E-state index contributed by atoms with van der Waals surface area (Å²) < 4.78 is 5.95.